The highest BCUT2D eigenvalue weighted by molar-refractivity contribution is 5.89. The lowest BCUT2D eigenvalue weighted by molar-refractivity contribution is -0.0705. The molecule has 0 aliphatic carbocycles. The van der Waals surface area contributed by atoms with E-state index in [0.29, 0.717) is 23.4 Å². The van der Waals surface area contributed by atoms with Gasteiger partial charge in [-0.3, -0.25) is 9.47 Å². The normalized spacial score (nSPS) is 19.4. The summed E-state index contributed by atoms with van der Waals surface area (Å²) >= 11 is 0. The van der Waals surface area contributed by atoms with Crippen LogP contribution in [0.3, 0.4) is 0 Å². The Balaban J connectivity index is 1.56. The molecule has 9 nitrogen and oxygen atoms in total. The Morgan fingerprint density at radius 2 is 1.81 bits per heavy atom. The summed E-state index contributed by atoms with van der Waals surface area (Å²) in [5, 5.41) is 13.9. The van der Waals surface area contributed by atoms with Crippen molar-refractivity contribution in [3.05, 3.63) is 70.0 Å². The van der Waals surface area contributed by atoms with Crippen LogP contribution in [0.4, 0.5) is 0 Å². The standard InChI is InChI=1S/C23H23N7O2/c1-15-10-28(11-16(2)32-15)12-19-7-20-21(25-9-19)29(23(31)30-22(20)26-14-27-30)13-18-5-3-17(8-24)4-6-18/h3-7,9,14-16H,10-13H2,1-2H3. The molecule has 4 heterocycles. The molecule has 0 amide bonds. The van der Waals surface area contributed by atoms with Crippen LogP contribution in [0.2, 0.25) is 0 Å². The van der Waals surface area contributed by atoms with Gasteiger partial charge in [0.15, 0.2) is 5.65 Å². The van der Waals surface area contributed by atoms with E-state index < -0.39 is 0 Å². The van der Waals surface area contributed by atoms with Crippen molar-refractivity contribution in [3.8, 4) is 6.07 Å². The van der Waals surface area contributed by atoms with Gasteiger partial charge in [0.2, 0.25) is 0 Å². The van der Waals surface area contributed by atoms with Gasteiger partial charge in [-0.05, 0) is 43.2 Å². The number of pyridine rings is 1. The molecule has 1 aromatic carbocycles. The molecule has 1 aliphatic heterocycles. The molecule has 1 fully saturated rings. The highest BCUT2D eigenvalue weighted by Gasteiger charge is 2.23. The smallest absolute Gasteiger partial charge is 0.352 e. The van der Waals surface area contributed by atoms with E-state index in [0.717, 1.165) is 36.1 Å². The summed E-state index contributed by atoms with van der Waals surface area (Å²) in [7, 11) is 0. The average Bonchev–Trinajstić information content (AvgIpc) is 3.27. The number of nitriles is 1. The van der Waals surface area contributed by atoms with Crippen molar-refractivity contribution in [1.82, 2.24) is 29.0 Å². The van der Waals surface area contributed by atoms with Crippen LogP contribution in [-0.2, 0) is 17.8 Å². The van der Waals surface area contributed by atoms with Crippen molar-refractivity contribution in [2.45, 2.75) is 39.1 Å². The predicted molar refractivity (Wildman–Crippen MR) is 118 cm³/mol. The molecule has 0 N–H and O–H groups in total. The lowest BCUT2D eigenvalue weighted by Crippen LogP contribution is -2.44. The second-order valence-electron chi connectivity index (χ2n) is 8.34. The first-order valence-electron chi connectivity index (χ1n) is 10.6. The van der Waals surface area contributed by atoms with Crippen molar-refractivity contribution in [1.29, 1.82) is 5.26 Å². The molecule has 9 heteroatoms. The highest BCUT2D eigenvalue weighted by Crippen LogP contribution is 2.20. The zero-order valence-electron chi connectivity index (χ0n) is 18.0. The Morgan fingerprint density at radius 3 is 2.53 bits per heavy atom. The zero-order valence-corrected chi connectivity index (χ0v) is 18.0. The summed E-state index contributed by atoms with van der Waals surface area (Å²) in [5.41, 5.74) is 3.28. The summed E-state index contributed by atoms with van der Waals surface area (Å²) in [6, 6.07) is 11.3. The number of hydrogen-bond acceptors (Lipinski definition) is 7. The molecule has 0 radical (unpaired) electrons. The van der Waals surface area contributed by atoms with Gasteiger partial charge in [0.1, 0.15) is 12.0 Å². The van der Waals surface area contributed by atoms with Crippen LogP contribution in [0.5, 0.6) is 0 Å². The van der Waals surface area contributed by atoms with Gasteiger partial charge in [-0.2, -0.15) is 14.9 Å². The second kappa shape index (κ2) is 8.15. The number of fused-ring (bicyclic) bond motifs is 3. The molecule has 1 saturated heterocycles. The number of nitrogens with zero attached hydrogens (tertiary/aromatic N) is 7. The molecule has 32 heavy (non-hydrogen) atoms. The van der Waals surface area contributed by atoms with E-state index >= 15 is 0 Å². The van der Waals surface area contributed by atoms with E-state index in [-0.39, 0.29) is 17.9 Å². The van der Waals surface area contributed by atoms with Gasteiger partial charge >= 0.3 is 5.69 Å². The van der Waals surface area contributed by atoms with Crippen molar-refractivity contribution in [2.24, 2.45) is 0 Å². The maximum atomic E-state index is 13.1. The molecule has 0 saturated carbocycles. The molecule has 1 aliphatic rings. The lowest BCUT2D eigenvalue weighted by atomic mass is 10.1. The lowest BCUT2D eigenvalue weighted by Gasteiger charge is -2.35. The fourth-order valence-corrected chi connectivity index (χ4v) is 4.42. The molecule has 162 valence electrons. The van der Waals surface area contributed by atoms with Crippen LogP contribution in [0, 0.1) is 11.3 Å². The minimum absolute atomic E-state index is 0.188. The molecular formula is C23H23N7O2. The number of rotatable bonds is 4. The Kier molecular flexibility index (Phi) is 5.17. The van der Waals surface area contributed by atoms with Crippen LogP contribution in [0.25, 0.3) is 16.7 Å². The summed E-state index contributed by atoms with van der Waals surface area (Å²) in [5.74, 6) is 0. The minimum Gasteiger partial charge on any atom is -0.373 e. The highest BCUT2D eigenvalue weighted by atomic mass is 16.5. The van der Waals surface area contributed by atoms with Gasteiger partial charge < -0.3 is 4.74 Å². The third-order valence-corrected chi connectivity index (χ3v) is 5.70. The fourth-order valence-electron chi connectivity index (χ4n) is 4.42. The summed E-state index contributed by atoms with van der Waals surface area (Å²) in [6.07, 6.45) is 3.59. The van der Waals surface area contributed by atoms with Gasteiger partial charge in [-0.25, -0.2) is 14.8 Å². The van der Waals surface area contributed by atoms with Crippen molar-refractivity contribution < 1.29 is 4.74 Å². The summed E-state index contributed by atoms with van der Waals surface area (Å²) in [6.45, 7) is 6.96. The van der Waals surface area contributed by atoms with Crippen molar-refractivity contribution >= 4 is 16.7 Å². The third kappa shape index (κ3) is 3.75. The molecule has 4 aromatic rings. The third-order valence-electron chi connectivity index (χ3n) is 5.70. The molecule has 5 rings (SSSR count). The van der Waals surface area contributed by atoms with Gasteiger partial charge in [0.05, 0.1) is 35.8 Å². The largest absolute Gasteiger partial charge is 0.373 e. The molecule has 3 aromatic heterocycles. The number of benzene rings is 1. The van der Waals surface area contributed by atoms with E-state index in [9.17, 15) is 4.79 Å². The van der Waals surface area contributed by atoms with Gasteiger partial charge in [0.25, 0.3) is 0 Å². The number of ether oxygens (including phenoxy) is 1. The number of hydrogen-bond donors (Lipinski definition) is 0. The molecule has 2 unspecified atom stereocenters. The van der Waals surface area contributed by atoms with E-state index in [2.05, 4.69) is 39.9 Å². The molecular weight excluding hydrogens is 406 g/mol. The van der Waals surface area contributed by atoms with Crippen LogP contribution in [-0.4, -0.2) is 54.3 Å². The first-order valence-corrected chi connectivity index (χ1v) is 10.6. The first kappa shape index (κ1) is 20.3. The number of aromatic nitrogens is 5. The maximum Gasteiger partial charge on any atom is 0.352 e. The summed E-state index contributed by atoms with van der Waals surface area (Å²) in [4.78, 5) is 24.5. The van der Waals surface area contributed by atoms with Gasteiger partial charge in [0, 0.05) is 25.8 Å². The van der Waals surface area contributed by atoms with E-state index in [1.165, 1.54) is 10.8 Å². The Labute approximate surface area is 184 Å². The van der Waals surface area contributed by atoms with Crippen molar-refractivity contribution in [2.75, 3.05) is 13.1 Å². The minimum atomic E-state index is -0.301. The topological polar surface area (TPSA) is 101 Å². The summed E-state index contributed by atoms with van der Waals surface area (Å²) < 4.78 is 8.75. The van der Waals surface area contributed by atoms with Gasteiger partial charge in [-0.15, -0.1) is 0 Å². The molecule has 0 spiro atoms. The second-order valence-corrected chi connectivity index (χ2v) is 8.34. The van der Waals surface area contributed by atoms with Crippen LogP contribution < -0.4 is 5.69 Å². The Bertz CT molecular complexity index is 1370. The van der Waals surface area contributed by atoms with Crippen molar-refractivity contribution in [3.63, 3.8) is 0 Å². The molecule has 0 bridgehead atoms. The SMILES string of the molecule is CC1CN(Cc2cnc3c(c2)c2ncnn2c(=O)n3Cc2ccc(C#N)cc2)CC(C)O1. The Morgan fingerprint density at radius 1 is 1.06 bits per heavy atom. The average molecular weight is 429 g/mol. The van der Waals surface area contributed by atoms with Gasteiger partial charge in [-0.1, -0.05) is 12.1 Å². The van der Waals surface area contributed by atoms with Crippen LogP contribution in [0.15, 0.2) is 47.7 Å². The van der Waals surface area contributed by atoms with Crippen LogP contribution in [0.1, 0.15) is 30.5 Å². The van der Waals surface area contributed by atoms with E-state index in [4.69, 9.17) is 10.00 Å². The fraction of sp³-hybridized carbons (Fsp3) is 0.348. The maximum absolute atomic E-state index is 13.1. The monoisotopic (exact) mass is 429 g/mol. The van der Waals surface area contributed by atoms with E-state index in [1.54, 1.807) is 16.7 Å². The Hall–Kier alpha value is -3.61. The zero-order chi connectivity index (χ0) is 22.2. The predicted octanol–water partition coefficient (Wildman–Crippen LogP) is 1.97. The van der Waals surface area contributed by atoms with E-state index in [1.807, 2.05) is 24.4 Å². The number of morpholine rings is 1. The quantitative estimate of drug-likeness (QED) is 0.489. The first-order chi connectivity index (χ1) is 15.5. The van der Waals surface area contributed by atoms with Crippen LogP contribution >= 0.6 is 0 Å². The molecule has 2 atom stereocenters.